The Morgan fingerprint density at radius 1 is 0.963 bits per heavy atom. The topological polar surface area (TPSA) is 79.4 Å². The van der Waals surface area contributed by atoms with Crippen molar-refractivity contribution >= 4 is 29.2 Å². The van der Waals surface area contributed by atoms with Crippen molar-refractivity contribution < 1.29 is 9.53 Å². The van der Waals surface area contributed by atoms with Gasteiger partial charge in [0.2, 0.25) is 0 Å². The highest BCUT2D eigenvalue weighted by atomic mass is 35.5. The fourth-order valence-electron chi connectivity index (χ4n) is 2.52. The number of guanidine groups is 1. The Labute approximate surface area is 162 Å². The van der Waals surface area contributed by atoms with Crippen LogP contribution in [0.2, 0.25) is 5.02 Å². The van der Waals surface area contributed by atoms with E-state index in [4.69, 9.17) is 27.5 Å². The van der Waals surface area contributed by atoms with Crippen LogP contribution in [-0.4, -0.2) is 11.9 Å². The van der Waals surface area contributed by atoms with Gasteiger partial charge < -0.3 is 10.5 Å². The van der Waals surface area contributed by atoms with Crippen LogP contribution in [0, 0.1) is 5.41 Å². The van der Waals surface area contributed by atoms with Gasteiger partial charge in [-0.3, -0.25) is 10.2 Å². The SMILES string of the molecule is N=C(N)N(C(=O)c1ccc(Cl)cc1)c1ccc(OCc2ccccc2)cc1. The molecular formula is C21H18ClN3O2. The summed E-state index contributed by atoms with van der Waals surface area (Å²) in [5, 5.41) is 8.31. The second-order valence-corrected chi connectivity index (χ2v) is 6.24. The lowest BCUT2D eigenvalue weighted by atomic mass is 10.2. The van der Waals surface area contributed by atoms with Crippen LogP contribution >= 0.6 is 11.6 Å². The Bertz CT molecular complexity index is 926. The molecular weight excluding hydrogens is 362 g/mol. The van der Waals surface area contributed by atoms with Gasteiger partial charge in [-0.25, -0.2) is 4.90 Å². The first-order chi connectivity index (χ1) is 13.0. The summed E-state index contributed by atoms with van der Waals surface area (Å²) in [6.45, 7) is 0.445. The first-order valence-electron chi connectivity index (χ1n) is 8.25. The fourth-order valence-corrected chi connectivity index (χ4v) is 2.65. The van der Waals surface area contributed by atoms with Crippen LogP contribution in [-0.2, 0) is 6.61 Å². The summed E-state index contributed by atoms with van der Waals surface area (Å²) in [4.78, 5) is 13.9. The molecule has 0 aliphatic heterocycles. The third-order valence-electron chi connectivity index (χ3n) is 3.88. The van der Waals surface area contributed by atoms with Crippen LogP contribution in [0.5, 0.6) is 5.75 Å². The lowest BCUT2D eigenvalue weighted by Crippen LogP contribution is -2.41. The first-order valence-corrected chi connectivity index (χ1v) is 8.63. The summed E-state index contributed by atoms with van der Waals surface area (Å²) >= 11 is 5.86. The minimum Gasteiger partial charge on any atom is -0.489 e. The summed E-state index contributed by atoms with van der Waals surface area (Å²) in [6, 6.07) is 23.1. The van der Waals surface area contributed by atoms with Crippen molar-refractivity contribution in [1.29, 1.82) is 5.41 Å². The van der Waals surface area contributed by atoms with Gasteiger partial charge >= 0.3 is 0 Å². The number of anilines is 1. The Hall–Kier alpha value is -3.31. The van der Waals surface area contributed by atoms with Gasteiger partial charge in [0.05, 0.1) is 5.69 Å². The summed E-state index contributed by atoms with van der Waals surface area (Å²) in [5.74, 6) is -0.116. The maximum absolute atomic E-state index is 12.7. The largest absolute Gasteiger partial charge is 0.489 e. The van der Waals surface area contributed by atoms with Crippen molar-refractivity contribution in [2.24, 2.45) is 5.73 Å². The van der Waals surface area contributed by atoms with E-state index in [0.29, 0.717) is 28.6 Å². The smallest absolute Gasteiger partial charge is 0.265 e. The van der Waals surface area contributed by atoms with Crippen LogP contribution < -0.4 is 15.4 Å². The number of nitrogens with one attached hydrogen (secondary N) is 1. The van der Waals surface area contributed by atoms with E-state index < -0.39 is 5.91 Å². The van der Waals surface area contributed by atoms with Crippen molar-refractivity contribution in [3.63, 3.8) is 0 Å². The quantitative estimate of drug-likeness (QED) is 0.507. The average molecular weight is 380 g/mol. The number of amides is 1. The van der Waals surface area contributed by atoms with E-state index in [1.807, 2.05) is 30.3 Å². The molecule has 0 bridgehead atoms. The normalized spacial score (nSPS) is 10.3. The van der Waals surface area contributed by atoms with Gasteiger partial charge in [0.1, 0.15) is 12.4 Å². The van der Waals surface area contributed by atoms with Gasteiger partial charge in [-0.1, -0.05) is 41.9 Å². The van der Waals surface area contributed by atoms with Crippen molar-refractivity contribution in [1.82, 2.24) is 0 Å². The van der Waals surface area contributed by atoms with E-state index in [-0.39, 0.29) is 5.96 Å². The fraction of sp³-hybridized carbons (Fsp3) is 0.0476. The third kappa shape index (κ3) is 4.65. The number of hydrogen-bond donors (Lipinski definition) is 2. The van der Waals surface area contributed by atoms with Crippen molar-refractivity contribution in [2.45, 2.75) is 6.61 Å². The molecule has 3 rings (SSSR count). The van der Waals surface area contributed by atoms with Crippen LogP contribution in [0.25, 0.3) is 0 Å². The van der Waals surface area contributed by atoms with Crippen molar-refractivity contribution in [3.8, 4) is 5.75 Å². The van der Waals surface area contributed by atoms with E-state index in [0.717, 1.165) is 10.5 Å². The summed E-state index contributed by atoms with van der Waals surface area (Å²) in [5.41, 5.74) is 7.57. The summed E-state index contributed by atoms with van der Waals surface area (Å²) in [6.07, 6.45) is 0. The highest BCUT2D eigenvalue weighted by Gasteiger charge is 2.20. The minimum atomic E-state index is -0.405. The average Bonchev–Trinajstić information content (AvgIpc) is 2.68. The number of nitrogens with zero attached hydrogens (tertiary/aromatic N) is 1. The van der Waals surface area contributed by atoms with Crippen LogP contribution in [0.4, 0.5) is 5.69 Å². The molecule has 0 aliphatic carbocycles. The number of nitrogens with two attached hydrogens (primary N) is 1. The van der Waals surface area contributed by atoms with Gasteiger partial charge in [-0.15, -0.1) is 0 Å². The third-order valence-corrected chi connectivity index (χ3v) is 4.13. The number of ether oxygens (including phenoxy) is 1. The monoisotopic (exact) mass is 379 g/mol. The maximum Gasteiger partial charge on any atom is 0.265 e. The lowest BCUT2D eigenvalue weighted by molar-refractivity contribution is 0.100. The zero-order valence-corrected chi connectivity index (χ0v) is 15.2. The van der Waals surface area contributed by atoms with E-state index in [1.54, 1.807) is 48.5 Å². The lowest BCUT2D eigenvalue weighted by Gasteiger charge is -2.21. The molecule has 6 heteroatoms. The number of carbonyl (C=O) groups excluding carboxylic acids is 1. The van der Waals surface area contributed by atoms with E-state index in [1.165, 1.54) is 0 Å². The minimum absolute atomic E-state index is 0.368. The van der Waals surface area contributed by atoms with E-state index in [2.05, 4.69) is 0 Å². The second kappa shape index (κ2) is 8.38. The molecule has 0 fully saturated rings. The van der Waals surface area contributed by atoms with E-state index >= 15 is 0 Å². The van der Waals surface area contributed by atoms with Crippen molar-refractivity contribution in [2.75, 3.05) is 4.90 Å². The molecule has 0 aliphatic rings. The number of benzene rings is 3. The van der Waals surface area contributed by atoms with Gasteiger partial charge in [-0.2, -0.15) is 0 Å². The van der Waals surface area contributed by atoms with E-state index in [9.17, 15) is 4.79 Å². The molecule has 0 atom stereocenters. The maximum atomic E-state index is 12.7. The number of halogens is 1. The van der Waals surface area contributed by atoms with Crippen LogP contribution in [0.1, 0.15) is 15.9 Å². The highest BCUT2D eigenvalue weighted by Crippen LogP contribution is 2.22. The highest BCUT2D eigenvalue weighted by molar-refractivity contribution is 6.30. The second-order valence-electron chi connectivity index (χ2n) is 5.80. The molecule has 27 heavy (non-hydrogen) atoms. The molecule has 3 N–H and O–H groups in total. The van der Waals surface area contributed by atoms with Crippen LogP contribution in [0.3, 0.4) is 0 Å². The van der Waals surface area contributed by atoms with Crippen molar-refractivity contribution in [3.05, 3.63) is 95.0 Å². The summed E-state index contributed by atoms with van der Waals surface area (Å²) < 4.78 is 5.74. The molecule has 0 saturated heterocycles. The predicted octanol–water partition coefficient (Wildman–Crippen LogP) is 4.46. The molecule has 3 aromatic rings. The molecule has 0 heterocycles. The molecule has 0 radical (unpaired) electrons. The number of carbonyl (C=O) groups is 1. The molecule has 5 nitrogen and oxygen atoms in total. The molecule has 0 aromatic heterocycles. The zero-order chi connectivity index (χ0) is 19.2. The Balaban J connectivity index is 1.75. The number of hydrogen-bond acceptors (Lipinski definition) is 3. The van der Waals surface area contributed by atoms with Crippen LogP contribution in [0.15, 0.2) is 78.9 Å². The molecule has 3 aromatic carbocycles. The molecule has 136 valence electrons. The Morgan fingerprint density at radius 3 is 2.19 bits per heavy atom. The molecule has 1 amide bonds. The number of rotatable bonds is 5. The summed E-state index contributed by atoms with van der Waals surface area (Å²) in [7, 11) is 0. The Kier molecular flexibility index (Phi) is 5.74. The molecule has 0 saturated carbocycles. The first kappa shape index (κ1) is 18.5. The van der Waals surface area contributed by atoms with Gasteiger partial charge in [0.25, 0.3) is 5.91 Å². The van der Waals surface area contributed by atoms with Gasteiger partial charge in [0.15, 0.2) is 5.96 Å². The predicted molar refractivity (Wildman–Crippen MR) is 107 cm³/mol. The molecule has 0 unspecified atom stereocenters. The standard InChI is InChI=1S/C21H18ClN3O2/c22-17-8-6-16(7-9-17)20(26)25(21(23)24)18-10-12-19(13-11-18)27-14-15-4-2-1-3-5-15/h1-13H,14H2,(H3,23,24). The molecule has 0 spiro atoms. The Morgan fingerprint density at radius 2 is 1.59 bits per heavy atom. The zero-order valence-electron chi connectivity index (χ0n) is 14.4. The van der Waals surface area contributed by atoms with Gasteiger partial charge in [-0.05, 0) is 54.1 Å². The van der Waals surface area contributed by atoms with Gasteiger partial charge in [0, 0.05) is 10.6 Å².